The fourth-order valence-electron chi connectivity index (χ4n) is 6.03. The lowest BCUT2D eigenvalue weighted by atomic mass is 9.71. The lowest BCUT2D eigenvalue weighted by Crippen LogP contribution is -2.41. The summed E-state index contributed by atoms with van der Waals surface area (Å²) in [4.78, 5) is 33.9. The van der Waals surface area contributed by atoms with Crippen LogP contribution in [0.25, 0.3) is 0 Å². The van der Waals surface area contributed by atoms with E-state index in [0.717, 1.165) is 17.7 Å². The van der Waals surface area contributed by atoms with Crippen LogP contribution in [0.1, 0.15) is 12.0 Å². The molecular weight excluding hydrogens is 439 g/mol. The lowest BCUT2D eigenvalue weighted by molar-refractivity contribution is -0.125. The molecule has 6 unspecified atom stereocenters. The molecule has 2 amide bonds. The van der Waals surface area contributed by atoms with E-state index in [1.165, 1.54) is 4.90 Å². The first-order chi connectivity index (χ1) is 15.0. The van der Waals surface area contributed by atoms with Gasteiger partial charge in [0, 0.05) is 22.4 Å². The summed E-state index contributed by atoms with van der Waals surface area (Å²) >= 11 is 12.5. The summed E-state index contributed by atoms with van der Waals surface area (Å²) < 4.78 is 5.19. The molecule has 2 aromatic carbocycles. The number of nitrogens with zero attached hydrogens (tertiary/aromatic N) is 2. The van der Waals surface area contributed by atoms with Gasteiger partial charge in [-0.2, -0.15) is 0 Å². The zero-order chi connectivity index (χ0) is 21.4. The van der Waals surface area contributed by atoms with Crippen molar-refractivity contribution in [2.24, 2.45) is 34.7 Å². The molecular formula is C23H18Cl2N2O4. The first kappa shape index (κ1) is 19.1. The number of carbonyl (C=O) groups is 2. The molecule has 2 aromatic rings. The molecule has 0 N–H and O–H groups in total. The highest BCUT2D eigenvalue weighted by molar-refractivity contribution is 6.37. The number of oxime groups is 1. The van der Waals surface area contributed by atoms with Gasteiger partial charge in [0.15, 0.2) is 0 Å². The third-order valence-corrected chi connectivity index (χ3v) is 7.78. The van der Waals surface area contributed by atoms with E-state index in [9.17, 15) is 9.59 Å². The van der Waals surface area contributed by atoms with E-state index in [0.29, 0.717) is 21.5 Å². The maximum atomic E-state index is 13.4. The van der Waals surface area contributed by atoms with Gasteiger partial charge in [-0.05, 0) is 48.7 Å². The van der Waals surface area contributed by atoms with Crippen molar-refractivity contribution < 1.29 is 19.2 Å². The van der Waals surface area contributed by atoms with Crippen molar-refractivity contribution in [3.8, 4) is 5.75 Å². The van der Waals surface area contributed by atoms with Crippen LogP contribution in [-0.4, -0.2) is 30.7 Å². The molecule has 1 saturated heterocycles. The average molecular weight is 457 g/mol. The number of imide groups is 1. The zero-order valence-corrected chi connectivity index (χ0v) is 18.0. The summed E-state index contributed by atoms with van der Waals surface area (Å²) in [5.41, 5.74) is 2.09. The minimum absolute atomic E-state index is 0.00677. The maximum absolute atomic E-state index is 13.4. The Kier molecular flexibility index (Phi) is 4.14. The molecule has 4 aliphatic rings. The molecule has 3 fully saturated rings. The molecule has 2 aliphatic heterocycles. The summed E-state index contributed by atoms with van der Waals surface area (Å²) in [5.74, 6) is -0.439. The topological polar surface area (TPSA) is 68.2 Å². The zero-order valence-electron chi connectivity index (χ0n) is 16.5. The number of methoxy groups -OCH3 is 1. The van der Waals surface area contributed by atoms with E-state index >= 15 is 0 Å². The molecule has 31 heavy (non-hydrogen) atoms. The third-order valence-electron chi connectivity index (χ3n) is 7.23. The second-order valence-electron chi connectivity index (χ2n) is 8.52. The molecule has 2 bridgehead atoms. The summed E-state index contributed by atoms with van der Waals surface area (Å²) in [7, 11) is 1.58. The minimum atomic E-state index is -0.365. The molecule has 2 saturated carbocycles. The molecule has 6 atom stereocenters. The Morgan fingerprint density at radius 2 is 1.71 bits per heavy atom. The van der Waals surface area contributed by atoms with Gasteiger partial charge in [-0.15, -0.1) is 0 Å². The van der Waals surface area contributed by atoms with Crippen molar-refractivity contribution in [1.82, 2.24) is 0 Å². The normalized spacial score (nSPS) is 32.7. The maximum Gasteiger partial charge on any atom is 0.238 e. The predicted octanol–water partition coefficient (Wildman–Crippen LogP) is 4.18. The van der Waals surface area contributed by atoms with Gasteiger partial charge in [0.2, 0.25) is 11.8 Å². The molecule has 0 aromatic heterocycles. The molecule has 6 nitrogen and oxygen atoms in total. The fourth-order valence-corrected chi connectivity index (χ4v) is 6.54. The number of halogens is 2. The second kappa shape index (κ2) is 6.71. The van der Waals surface area contributed by atoms with Crippen LogP contribution in [0.3, 0.4) is 0 Å². The molecule has 0 spiro atoms. The van der Waals surface area contributed by atoms with E-state index in [2.05, 4.69) is 5.16 Å². The fraction of sp³-hybridized carbons (Fsp3) is 0.348. The number of amides is 2. The Hall–Kier alpha value is -2.57. The van der Waals surface area contributed by atoms with Gasteiger partial charge in [0.25, 0.3) is 0 Å². The Bertz CT molecular complexity index is 1150. The Morgan fingerprint density at radius 3 is 2.39 bits per heavy atom. The quantitative estimate of drug-likeness (QED) is 0.649. The van der Waals surface area contributed by atoms with Crippen molar-refractivity contribution in [2.45, 2.75) is 12.5 Å². The highest BCUT2D eigenvalue weighted by atomic mass is 35.5. The van der Waals surface area contributed by atoms with Crippen molar-refractivity contribution in [2.75, 3.05) is 12.0 Å². The SMILES string of the molecule is COc1ccc(N2C(=O)C3C4CC(C5C(c6ccc(Cl)cc6Cl)=NOC45)C3C2=O)cc1. The molecule has 158 valence electrons. The second-order valence-corrected chi connectivity index (χ2v) is 9.37. The van der Waals surface area contributed by atoms with Crippen LogP contribution >= 0.6 is 23.2 Å². The Morgan fingerprint density at radius 1 is 1.00 bits per heavy atom. The number of carbonyl (C=O) groups excluding carboxylic acids is 2. The van der Waals surface area contributed by atoms with Gasteiger partial charge in [-0.1, -0.05) is 34.4 Å². The highest BCUT2D eigenvalue weighted by Gasteiger charge is 2.70. The summed E-state index contributed by atoms with van der Waals surface area (Å²) in [6.45, 7) is 0. The number of anilines is 1. The number of hydrogen-bond acceptors (Lipinski definition) is 5. The highest BCUT2D eigenvalue weighted by Crippen LogP contribution is 2.62. The summed E-state index contributed by atoms with van der Waals surface area (Å²) in [6.07, 6.45) is 0.573. The number of fused-ring (bicyclic) bond motifs is 8. The third kappa shape index (κ3) is 2.55. The van der Waals surface area contributed by atoms with Crippen LogP contribution in [0.5, 0.6) is 5.75 Å². The van der Waals surface area contributed by atoms with Crippen LogP contribution in [-0.2, 0) is 14.4 Å². The van der Waals surface area contributed by atoms with Crippen LogP contribution in [0.2, 0.25) is 10.0 Å². The minimum Gasteiger partial charge on any atom is -0.497 e. The number of hydrogen-bond donors (Lipinski definition) is 0. The molecule has 6 rings (SSSR count). The van der Waals surface area contributed by atoms with Gasteiger partial charge >= 0.3 is 0 Å². The van der Waals surface area contributed by atoms with Crippen molar-refractivity contribution in [3.63, 3.8) is 0 Å². The number of rotatable bonds is 3. The van der Waals surface area contributed by atoms with Crippen LogP contribution in [0.4, 0.5) is 5.69 Å². The Labute approximate surface area is 188 Å². The standard InChI is InChI=1S/C23H18Cl2N2O4/c1-30-12-5-3-11(4-6-12)27-22(28)17-14-9-15(18(17)23(27)29)21-19(14)20(26-31-21)13-7-2-10(24)8-16(13)25/h2-8,14-15,17-19,21H,9H2,1H3. The van der Waals surface area contributed by atoms with E-state index < -0.39 is 0 Å². The summed E-state index contributed by atoms with van der Waals surface area (Å²) in [5, 5.41) is 5.38. The predicted molar refractivity (Wildman–Crippen MR) is 115 cm³/mol. The lowest BCUT2D eigenvalue weighted by Gasteiger charge is -2.30. The summed E-state index contributed by atoms with van der Waals surface area (Å²) in [6, 6.07) is 12.3. The van der Waals surface area contributed by atoms with E-state index in [4.69, 9.17) is 32.8 Å². The smallest absolute Gasteiger partial charge is 0.238 e. The molecule has 2 heterocycles. The first-order valence-electron chi connectivity index (χ1n) is 10.2. The van der Waals surface area contributed by atoms with E-state index in [-0.39, 0.29) is 47.5 Å². The molecule has 0 radical (unpaired) electrons. The van der Waals surface area contributed by atoms with Crippen LogP contribution in [0.15, 0.2) is 47.6 Å². The van der Waals surface area contributed by atoms with Crippen LogP contribution < -0.4 is 9.64 Å². The van der Waals surface area contributed by atoms with Gasteiger partial charge in [0.1, 0.15) is 11.9 Å². The van der Waals surface area contributed by atoms with Crippen molar-refractivity contribution in [1.29, 1.82) is 0 Å². The average Bonchev–Trinajstić information content (AvgIpc) is 3.49. The molecule has 2 aliphatic carbocycles. The Balaban J connectivity index is 1.34. The van der Waals surface area contributed by atoms with Crippen molar-refractivity contribution >= 4 is 46.4 Å². The largest absolute Gasteiger partial charge is 0.497 e. The van der Waals surface area contributed by atoms with Crippen molar-refractivity contribution in [3.05, 3.63) is 58.1 Å². The number of ether oxygens (including phenoxy) is 1. The van der Waals surface area contributed by atoms with Gasteiger partial charge < -0.3 is 9.57 Å². The van der Waals surface area contributed by atoms with E-state index in [1.54, 1.807) is 43.5 Å². The molecule has 8 heteroatoms. The van der Waals surface area contributed by atoms with Gasteiger partial charge in [-0.25, -0.2) is 0 Å². The van der Waals surface area contributed by atoms with E-state index in [1.807, 2.05) is 6.07 Å². The van der Waals surface area contributed by atoms with Gasteiger partial charge in [-0.3, -0.25) is 14.5 Å². The van der Waals surface area contributed by atoms with Gasteiger partial charge in [0.05, 0.1) is 35.4 Å². The number of benzene rings is 2. The monoisotopic (exact) mass is 456 g/mol. The van der Waals surface area contributed by atoms with Crippen LogP contribution in [0, 0.1) is 29.6 Å². The first-order valence-corrected chi connectivity index (χ1v) is 11.0.